The molecule has 0 aliphatic rings. The van der Waals surface area contributed by atoms with Gasteiger partial charge in [0.1, 0.15) is 5.82 Å². The minimum Gasteiger partial charge on any atom is -0.322 e. The highest BCUT2D eigenvalue weighted by Crippen LogP contribution is 2.23. The first-order valence-corrected chi connectivity index (χ1v) is 11.2. The molecule has 182 valence electrons. The number of benzene rings is 3. The number of imidazole rings is 1. The van der Waals surface area contributed by atoms with Crippen molar-refractivity contribution in [3.8, 4) is 11.4 Å². The summed E-state index contributed by atoms with van der Waals surface area (Å²) in [6.07, 6.45) is 4.35. The van der Waals surface area contributed by atoms with Gasteiger partial charge in [0.2, 0.25) is 5.91 Å². The number of halogens is 1. The zero-order chi connectivity index (χ0) is 25.9. The van der Waals surface area contributed by atoms with E-state index in [4.69, 9.17) is 0 Å². The van der Waals surface area contributed by atoms with Crippen molar-refractivity contribution in [3.63, 3.8) is 0 Å². The van der Waals surface area contributed by atoms with E-state index in [0.29, 0.717) is 33.8 Å². The summed E-state index contributed by atoms with van der Waals surface area (Å²) >= 11 is 0. The number of carbonyl (C=O) groups excluding carboxylic acids is 2. The number of hydrogen-bond donors (Lipinski definition) is 2. The van der Waals surface area contributed by atoms with Crippen LogP contribution in [0.4, 0.5) is 15.8 Å². The van der Waals surface area contributed by atoms with E-state index < -0.39 is 11.7 Å². The van der Waals surface area contributed by atoms with E-state index in [2.05, 4.69) is 22.2 Å². The zero-order valence-electron chi connectivity index (χ0n) is 19.4. The predicted octanol–water partition coefficient (Wildman–Crippen LogP) is 4.69. The van der Waals surface area contributed by atoms with Crippen molar-refractivity contribution in [3.05, 3.63) is 126 Å². The Morgan fingerprint density at radius 3 is 2.35 bits per heavy atom. The molecule has 2 aromatic heterocycles. The molecule has 3 aromatic carbocycles. The summed E-state index contributed by atoms with van der Waals surface area (Å²) in [7, 11) is 0. The quantitative estimate of drug-likeness (QED) is 0.335. The SMILES string of the molecule is C=CC(=O)Nc1cccc(-n2c(=O)n(-c3ccc(NC(=O)c4cccc(F)c4)cc3)c3cnccc32)c1. The molecule has 5 aromatic rings. The molecule has 9 heteroatoms. The predicted molar refractivity (Wildman–Crippen MR) is 140 cm³/mol. The van der Waals surface area contributed by atoms with Gasteiger partial charge in [0, 0.05) is 23.1 Å². The van der Waals surface area contributed by atoms with Crippen molar-refractivity contribution in [2.45, 2.75) is 0 Å². The molecule has 0 bridgehead atoms. The topological polar surface area (TPSA) is 98.0 Å². The third-order valence-electron chi connectivity index (χ3n) is 5.67. The second kappa shape index (κ2) is 9.74. The molecular formula is C28H20FN5O3. The maximum Gasteiger partial charge on any atom is 0.338 e. The lowest BCUT2D eigenvalue weighted by Gasteiger charge is -2.08. The standard InChI is InChI=1S/C28H20FN5O3/c1-2-26(35)31-21-7-4-8-23(16-21)34-24-13-14-30-17-25(24)33(28(34)37)22-11-9-20(10-12-22)32-27(36)18-5-3-6-19(29)15-18/h2-17H,1H2,(H,31,35)(H,32,36). The van der Waals surface area contributed by atoms with Crippen molar-refractivity contribution >= 4 is 34.2 Å². The van der Waals surface area contributed by atoms with Crippen LogP contribution in [0, 0.1) is 5.82 Å². The van der Waals surface area contributed by atoms with Gasteiger partial charge in [-0.1, -0.05) is 18.7 Å². The summed E-state index contributed by atoms with van der Waals surface area (Å²) in [5.41, 5.74) is 3.16. The highest BCUT2D eigenvalue weighted by Gasteiger charge is 2.17. The van der Waals surface area contributed by atoms with E-state index in [1.54, 1.807) is 67.0 Å². The molecule has 0 atom stereocenters. The van der Waals surface area contributed by atoms with Gasteiger partial charge < -0.3 is 10.6 Å². The maximum atomic E-state index is 13.6. The second-order valence-electron chi connectivity index (χ2n) is 8.07. The third kappa shape index (κ3) is 4.65. The molecule has 2 amide bonds. The molecule has 0 unspecified atom stereocenters. The molecule has 0 fully saturated rings. The summed E-state index contributed by atoms with van der Waals surface area (Å²) in [5, 5.41) is 5.42. The summed E-state index contributed by atoms with van der Waals surface area (Å²) in [6.45, 7) is 3.45. The normalized spacial score (nSPS) is 10.7. The Balaban J connectivity index is 1.51. The van der Waals surface area contributed by atoms with E-state index >= 15 is 0 Å². The monoisotopic (exact) mass is 493 g/mol. The van der Waals surface area contributed by atoms with Gasteiger partial charge in [0.05, 0.1) is 28.6 Å². The van der Waals surface area contributed by atoms with Crippen LogP contribution in [-0.4, -0.2) is 25.9 Å². The molecule has 0 spiro atoms. The zero-order valence-corrected chi connectivity index (χ0v) is 19.4. The minimum atomic E-state index is -0.499. The van der Waals surface area contributed by atoms with Crippen LogP contribution in [0.25, 0.3) is 22.4 Å². The summed E-state index contributed by atoms with van der Waals surface area (Å²) in [6, 6.07) is 20.8. The molecular weight excluding hydrogens is 473 g/mol. The number of rotatable bonds is 6. The number of amides is 2. The van der Waals surface area contributed by atoms with Gasteiger partial charge >= 0.3 is 5.69 Å². The van der Waals surface area contributed by atoms with Gasteiger partial charge in [0.15, 0.2) is 0 Å². The minimum absolute atomic E-state index is 0.195. The lowest BCUT2D eigenvalue weighted by atomic mass is 10.2. The first-order valence-electron chi connectivity index (χ1n) is 11.2. The fourth-order valence-corrected chi connectivity index (χ4v) is 3.99. The van der Waals surface area contributed by atoms with Crippen molar-refractivity contribution in [2.75, 3.05) is 10.6 Å². The number of aromatic nitrogens is 3. The van der Waals surface area contributed by atoms with E-state index in [-0.39, 0.29) is 17.2 Å². The van der Waals surface area contributed by atoms with Crippen molar-refractivity contribution in [2.24, 2.45) is 0 Å². The Morgan fingerprint density at radius 2 is 1.59 bits per heavy atom. The van der Waals surface area contributed by atoms with Crippen molar-refractivity contribution < 1.29 is 14.0 Å². The molecule has 2 N–H and O–H groups in total. The van der Waals surface area contributed by atoms with Gasteiger partial charge in [-0.2, -0.15) is 0 Å². The number of anilines is 2. The molecule has 0 saturated heterocycles. The second-order valence-corrected chi connectivity index (χ2v) is 8.07. The number of hydrogen-bond acceptors (Lipinski definition) is 4. The van der Waals surface area contributed by atoms with Gasteiger partial charge in [-0.25, -0.2) is 9.18 Å². The highest BCUT2D eigenvalue weighted by molar-refractivity contribution is 6.04. The smallest absolute Gasteiger partial charge is 0.322 e. The third-order valence-corrected chi connectivity index (χ3v) is 5.67. The van der Waals surface area contributed by atoms with Crippen LogP contribution in [0.15, 0.2) is 109 Å². The summed E-state index contributed by atoms with van der Waals surface area (Å²) < 4.78 is 16.5. The molecule has 0 radical (unpaired) electrons. The van der Waals surface area contributed by atoms with Crippen LogP contribution in [0.1, 0.15) is 10.4 Å². The number of nitrogens with zero attached hydrogens (tertiary/aromatic N) is 3. The molecule has 0 aliphatic heterocycles. The Morgan fingerprint density at radius 1 is 0.838 bits per heavy atom. The molecule has 0 saturated carbocycles. The Kier molecular flexibility index (Phi) is 6.17. The van der Waals surface area contributed by atoms with Gasteiger partial charge in [-0.05, 0) is 72.8 Å². The molecule has 37 heavy (non-hydrogen) atoms. The van der Waals surface area contributed by atoms with Crippen molar-refractivity contribution in [1.29, 1.82) is 0 Å². The fraction of sp³-hybridized carbons (Fsp3) is 0. The van der Waals surface area contributed by atoms with Crippen LogP contribution >= 0.6 is 0 Å². The Bertz CT molecular complexity index is 1720. The first-order chi connectivity index (χ1) is 17.9. The van der Waals surface area contributed by atoms with E-state index in [0.717, 1.165) is 6.07 Å². The van der Waals surface area contributed by atoms with Crippen LogP contribution in [0.5, 0.6) is 0 Å². The largest absolute Gasteiger partial charge is 0.338 e. The number of pyridine rings is 1. The summed E-state index contributed by atoms with van der Waals surface area (Å²) in [5.74, 6) is -1.31. The van der Waals surface area contributed by atoms with Gasteiger partial charge in [0.25, 0.3) is 5.91 Å². The van der Waals surface area contributed by atoms with Crippen LogP contribution in [-0.2, 0) is 4.79 Å². The number of nitrogens with one attached hydrogen (secondary N) is 2. The number of carbonyl (C=O) groups is 2. The lowest BCUT2D eigenvalue weighted by molar-refractivity contribution is -0.111. The molecule has 0 aliphatic carbocycles. The van der Waals surface area contributed by atoms with Gasteiger partial charge in [-0.3, -0.25) is 23.7 Å². The van der Waals surface area contributed by atoms with Crippen LogP contribution in [0.3, 0.4) is 0 Å². The van der Waals surface area contributed by atoms with Crippen LogP contribution < -0.4 is 16.3 Å². The van der Waals surface area contributed by atoms with Crippen LogP contribution in [0.2, 0.25) is 0 Å². The van der Waals surface area contributed by atoms with E-state index in [1.165, 1.54) is 33.4 Å². The van der Waals surface area contributed by atoms with E-state index in [9.17, 15) is 18.8 Å². The molecule has 2 heterocycles. The van der Waals surface area contributed by atoms with Crippen molar-refractivity contribution in [1.82, 2.24) is 14.1 Å². The van der Waals surface area contributed by atoms with Gasteiger partial charge in [-0.15, -0.1) is 0 Å². The lowest BCUT2D eigenvalue weighted by Crippen LogP contribution is -2.22. The summed E-state index contributed by atoms with van der Waals surface area (Å²) in [4.78, 5) is 42.0. The Labute approximate surface area is 210 Å². The first kappa shape index (κ1) is 23.4. The maximum absolute atomic E-state index is 13.6. The molecule has 5 rings (SSSR count). The average molecular weight is 493 g/mol. The van der Waals surface area contributed by atoms with E-state index in [1.807, 2.05) is 0 Å². The molecule has 8 nitrogen and oxygen atoms in total. The fourth-order valence-electron chi connectivity index (χ4n) is 3.99. The average Bonchev–Trinajstić information content (AvgIpc) is 3.21. The number of fused-ring (bicyclic) bond motifs is 1. The highest BCUT2D eigenvalue weighted by atomic mass is 19.1. The Hall–Kier alpha value is -5.31.